The van der Waals surface area contributed by atoms with Crippen molar-refractivity contribution < 1.29 is 9.53 Å². The van der Waals surface area contributed by atoms with E-state index in [0.29, 0.717) is 17.3 Å². The molecule has 0 atom stereocenters. The van der Waals surface area contributed by atoms with E-state index in [2.05, 4.69) is 37.5 Å². The molecule has 0 saturated carbocycles. The molecule has 0 fully saturated rings. The first kappa shape index (κ1) is 16.7. The number of aromatic nitrogens is 3. The van der Waals surface area contributed by atoms with Gasteiger partial charge in [-0.25, -0.2) is 4.79 Å². The summed E-state index contributed by atoms with van der Waals surface area (Å²) >= 11 is 0. The number of carbonyl (C=O) groups is 1. The summed E-state index contributed by atoms with van der Waals surface area (Å²) in [5, 5.41) is 14.2. The molecular formula is C16H21N5O2. The van der Waals surface area contributed by atoms with Gasteiger partial charge < -0.3 is 15.4 Å². The summed E-state index contributed by atoms with van der Waals surface area (Å²) in [4.78, 5) is 15.7. The van der Waals surface area contributed by atoms with Gasteiger partial charge >= 0.3 is 5.97 Å². The molecule has 0 amide bonds. The van der Waals surface area contributed by atoms with Gasteiger partial charge in [0.05, 0.1) is 18.9 Å². The Balaban J connectivity index is 1.95. The predicted molar refractivity (Wildman–Crippen MR) is 88.9 cm³/mol. The molecule has 0 aliphatic rings. The molecule has 1 aromatic carbocycles. The number of rotatable bonds is 8. The number of unbranched alkanes of at least 4 members (excludes halogenated alkanes) is 2. The van der Waals surface area contributed by atoms with Gasteiger partial charge in [0.2, 0.25) is 5.95 Å². The molecule has 0 spiro atoms. The zero-order chi connectivity index (χ0) is 16.5. The number of ether oxygens (including phenoxy) is 1. The predicted octanol–water partition coefficient (Wildman–Crippen LogP) is 3.00. The summed E-state index contributed by atoms with van der Waals surface area (Å²) < 4.78 is 4.67. The van der Waals surface area contributed by atoms with E-state index in [9.17, 15) is 4.79 Å². The molecule has 0 aliphatic carbocycles. The van der Waals surface area contributed by atoms with Crippen LogP contribution in [0.1, 0.15) is 36.5 Å². The Morgan fingerprint density at radius 1 is 1.22 bits per heavy atom. The quantitative estimate of drug-likeness (QED) is 0.571. The topological polar surface area (TPSA) is 89.0 Å². The zero-order valence-corrected chi connectivity index (χ0v) is 13.4. The first-order chi connectivity index (χ1) is 11.2. The first-order valence-electron chi connectivity index (χ1n) is 7.62. The van der Waals surface area contributed by atoms with Gasteiger partial charge in [0.15, 0.2) is 5.82 Å². The largest absolute Gasteiger partial charge is 0.465 e. The molecule has 1 aromatic heterocycles. The third-order valence-electron chi connectivity index (χ3n) is 3.20. The Morgan fingerprint density at radius 2 is 2.00 bits per heavy atom. The number of esters is 1. The van der Waals surface area contributed by atoms with Crippen LogP contribution < -0.4 is 10.6 Å². The number of nitrogens with one attached hydrogen (secondary N) is 2. The van der Waals surface area contributed by atoms with E-state index in [1.54, 1.807) is 30.5 Å². The van der Waals surface area contributed by atoms with E-state index < -0.39 is 0 Å². The number of methoxy groups -OCH3 is 1. The van der Waals surface area contributed by atoms with Crippen molar-refractivity contribution in [3.8, 4) is 0 Å². The fourth-order valence-corrected chi connectivity index (χ4v) is 1.97. The van der Waals surface area contributed by atoms with Crippen LogP contribution in [-0.2, 0) is 4.74 Å². The Labute approximate surface area is 135 Å². The number of benzene rings is 1. The number of hydrogen-bond acceptors (Lipinski definition) is 7. The van der Waals surface area contributed by atoms with Gasteiger partial charge in [-0.1, -0.05) is 19.8 Å². The minimum atomic E-state index is -0.362. The third-order valence-corrected chi connectivity index (χ3v) is 3.20. The molecule has 122 valence electrons. The van der Waals surface area contributed by atoms with Crippen molar-refractivity contribution in [2.45, 2.75) is 26.2 Å². The molecule has 0 saturated heterocycles. The highest BCUT2D eigenvalue weighted by atomic mass is 16.5. The lowest BCUT2D eigenvalue weighted by molar-refractivity contribution is 0.0601. The molecule has 2 N–H and O–H groups in total. The van der Waals surface area contributed by atoms with Crippen LogP contribution in [0.25, 0.3) is 0 Å². The minimum Gasteiger partial charge on any atom is -0.465 e. The molecule has 0 aliphatic heterocycles. The van der Waals surface area contributed by atoms with Crippen molar-refractivity contribution >= 4 is 23.4 Å². The zero-order valence-electron chi connectivity index (χ0n) is 13.4. The second kappa shape index (κ2) is 8.67. The maximum Gasteiger partial charge on any atom is 0.337 e. The maximum atomic E-state index is 11.4. The molecule has 23 heavy (non-hydrogen) atoms. The number of hydrogen-bond donors (Lipinski definition) is 2. The monoisotopic (exact) mass is 315 g/mol. The fraction of sp³-hybridized carbons (Fsp3) is 0.375. The smallest absolute Gasteiger partial charge is 0.337 e. The van der Waals surface area contributed by atoms with Gasteiger partial charge in [0.25, 0.3) is 0 Å². The summed E-state index contributed by atoms with van der Waals surface area (Å²) in [5.41, 5.74) is 1.30. The van der Waals surface area contributed by atoms with Crippen LogP contribution in [-0.4, -0.2) is 34.8 Å². The first-order valence-corrected chi connectivity index (χ1v) is 7.62. The van der Waals surface area contributed by atoms with Crippen molar-refractivity contribution in [3.63, 3.8) is 0 Å². The third kappa shape index (κ3) is 5.21. The highest BCUT2D eigenvalue weighted by molar-refractivity contribution is 5.89. The molecule has 2 rings (SSSR count). The highest BCUT2D eigenvalue weighted by Gasteiger charge is 2.05. The minimum absolute atomic E-state index is 0.362. The van der Waals surface area contributed by atoms with Crippen LogP contribution in [0.2, 0.25) is 0 Å². The van der Waals surface area contributed by atoms with E-state index >= 15 is 0 Å². The van der Waals surface area contributed by atoms with Gasteiger partial charge in [-0.2, -0.15) is 10.1 Å². The molecule has 0 unspecified atom stereocenters. The van der Waals surface area contributed by atoms with Crippen LogP contribution in [0.15, 0.2) is 30.5 Å². The fourth-order valence-electron chi connectivity index (χ4n) is 1.97. The van der Waals surface area contributed by atoms with Gasteiger partial charge in [0.1, 0.15) is 0 Å². The highest BCUT2D eigenvalue weighted by Crippen LogP contribution is 2.15. The summed E-state index contributed by atoms with van der Waals surface area (Å²) in [7, 11) is 1.36. The lowest BCUT2D eigenvalue weighted by Gasteiger charge is -2.08. The normalized spacial score (nSPS) is 10.2. The second-order valence-electron chi connectivity index (χ2n) is 4.99. The van der Waals surface area contributed by atoms with Gasteiger partial charge in [-0.15, -0.1) is 5.10 Å². The van der Waals surface area contributed by atoms with Crippen molar-refractivity contribution in [3.05, 3.63) is 36.0 Å². The average Bonchev–Trinajstić information content (AvgIpc) is 2.59. The maximum absolute atomic E-state index is 11.4. The van der Waals surface area contributed by atoms with Crippen LogP contribution in [0.3, 0.4) is 0 Å². The van der Waals surface area contributed by atoms with Gasteiger partial charge in [0, 0.05) is 12.2 Å². The summed E-state index contributed by atoms with van der Waals surface area (Å²) in [5.74, 6) is 0.722. The van der Waals surface area contributed by atoms with Crippen LogP contribution >= 0.6 is 0 Å². The molecule has 0 bridgehead atoms. The van der Waals surface area contributed by atoms with Crippen molar-refractivity contribution in [2.24, 2.45) is 0 Å². The SMILES string of the molecule is CCCCCNc1nncc(Nc2ccc(C(=O)OC)cc2)n1. The van der Waals surface area contributed by atoms with Crippen LogP contribution in [0.4, 0.5) is 17.5 Å². The lowest BCUT2D eigenvalue weighted by Crippen LogP contribution is -2.07. The number of anilines is 3. The lowest BCUT2D eigenvalue weighted by atomic mass is 10.2. The van der Waals surface area contributed by atoms with E-state index in [1.807, 2.05) is 0 Å². The van der Waals surface area contributed by atoms with Crippen molar-refractivity contribution in [2.75, 3.05) is 24.3 Å². The molecule has 7 heteroatoms. The molecule has 0 radical (unpaired) electrons. The van der Waals surface area contributed by atoms with Crippen molar-refractivity contribution in [1.82, 2.24) is 15.2 Å². The van der Waals surface area contributed by atoms with E-state index in [4.69, 9.17) is 0 Å². The van der Waals surface area contributed by atoms with Crippen LogP contribution in [0.5, 0.6) is 0 Å². The Morgan fingerprint density at radius 3 is 2.70 bits per heavy atom. The standard InChI is InChI=1S/C16H21N5O2/c1-3-4-5-10-17-16-20-14(11-18-21-16)19-13-8-6-12(7-9-13)15(22)23-2/h6-9,11H,3-5,10H2,1-2H3,(H2,17,19,20,21). The Kier molecular flexibility index (Phi) is 6.28. The Bertz CT molecular complexity index is 631. The van der Waals surface area contributed by atoms with Crippen LogP contribution in [0, 0.1) is 0 Å². The van der Waals surface area contributed by atoms with E-state index in [-0.39, 0.29) is 5.97 Å². The average molecular weight is 315 g/mol. The molecular weight excluding hydrogens is 294 g/mol. The van der Waals surface area contributed by atoms with Gasteiger partial charge in [-0.3, -0.25) is 0 Å². The van der Waals surface area contributed by atoms with E-state index in [0.717, 1.165) is 18.7 Å². The molecule has 1 heterocycles. The number of carbonyl (C=O) groups excluding carboxylic acids is 1. The summed E-state index contributed by atoms with van der Waals surface area (Å²) in [6, 6.07) is 6.94. The van der Waals surface area contributed by atoms with Gasteiger partial charge in [-0.05, 0) is 30.7 Å². The molecule has 7 nitrogen and oxygen atoms in total. The summed E-state index contributed by atoms with van der Waals surface area (Å²) in [6.45, 7) is 2.99. The number of nitrogens with zero attached hydrogens (tertiary/aromatic N) is 3. The van der Waals surface area contributed by atoms with Crippen molar-refractivity contribution in [1.29, 1.82) is 0 Å². The van der Waals surface area contributed by atoms with E-state index in [1.165, 1.54) is 20.0 Å². The summed E-state index contributed by atoms with van der Waals surface area (Å²) in [6.07, 6.45) is 4.97. The second-order valence-corrected chi connectivity index (χ2v) is 4.99. The Hall–Kier alpha value is -2.70. The molecule has 2 aromatic rings.